The Morgan fingerprint density at radius 1 is 0.636 bits per heavy atom. The molecule has 0 saturated heterocycles. The molecule has 0 N–H and O–H groups in total. The van der Waals surface area contributed by atoms with E-state index in [9.17, 15) is 0 Å². The maximum absolute atomic E-state index is 2.43. The molecule has 1 nitrogen and oxygen atoms in total. The molecule has 2 aliphatic carbocycles. The minimum absolute atomic E-state index is 0.00192. The molecule has 0 aromatic heterocycles. The fourth-order valence-corrected chi connectivity index (χ4v) is 5.76. The molecule has 0 bridgehead atoms. The van der Waals surface area contributed by atoms with E-state index in [1.165, 1.54) is 55.9 Å². The number of benzene rings is 4. The average molecular weight is 428 g/mol. The molecule has 0 saturated carbocycles. The summed E-state index contributed by atoms with van der Waals surface area (Å²) in [5.74, 6) is 0. The zero-order valence-corrected chi connectivity index (χ0v) is 19.6. The molecule has 0 atom stereocenters. The van der Waals surface area contributed by atoms with Gasteiger partial charge < -0.3 is 4.90 Å². The molecule has 2 aliphatic rings. The Kier molecular flexibility index (Phi) is 4.55. The summed E-state index contributed by atoms with van der Waals surface area (Å²) in [6.07, 6.45) is 4.31. The van der Waals surface area contributed by atoms with Crippen LogP contribution in [0.2, 0.25) is 0 Å². The molecule has 4 aromatic rings. The van der Waals surface area contributed by atoms with Crippen LogP contribution in [0.5, 0.6) is 0 Å². The van der Waals surface area contributed by atoms with Gasteiger partial charge in [-0.15, -0.1) is 0 Å². The average Bonchev–Trinajstić information content (AvgIpc) is 3.01. The fourth-order valence-electron chi connectivity index (χ4n) is 5.76. The van der Waals surface area contributed by atoms with Crippen molar-refractivity contribution in [3.63, 3.8) is 0 Å². The van der Waals surface area contributed by atoms with E-state index in [1.807, 2.05) is 0 Å². The van der Waals surface area contributed by atoms with Crippen LogP contribution in [0.4, 0.5) is 5.69 Å². The number of allylic oxidation sites excluding steroid dienone is 1. The highest BCUT2D eigenvalue weighted by Crippen LogP contribution is 2.43. The van der Waals surface area contributed by atoms with Crippen LogP contribution in [-0.2, 0) is 18.3 Å². The molecular weight excluding hydrogens is 398 g/mol. The Morgan fingerprint density at radius 2 is 1.30 bits per heavy atom. The Bertz CT molecular complexity index is 1410. The van der Waals surface area contributed by atoms with Gasteiger partial charge in [0.15, 0.2) is 0 Å². The second kappa shape index (κ2) is 7.49. The number of hydrogen-bond donors (Lipinski definition) is 0. The SMILES string of the molecule is CN(C1=Cc2ccccc2-c2ccccc2C1)c1ccc2c(c1)C(C)(C)c1ccccc1C2. The van der Waals surface area contributed by atoms with Gasteiger partial charge >= 0.3 is 0 Å². The third kappa shape index (κ3) is 3.23. The minimum atomic E-state index is -0.00192. The quantitative estimate of drug-likeness (QED) is 0.318. The predicted molar refractivity (Wildman–Crippen MR) is 140 cm³/mol. The zero-order valence-electron chi connectivity index (χ0n) is 19.6. The van der Waals surface area contributed by atoms with Gasteiger partial charge in [0.25, 0.3) is 0 Å². The van der Waals surface area contributed by atoms with Crippen LogP contribution in [0.1, 0.15) is 47.2 Å². The Labute approximate surface area is 197 Å². The van der Waals surface area contributed by atoms with Crippen molar-refractivity contribution in [3.8, 4) is 11.1 Å². The Balaban J connectivity index is 1.43. The first-order chi connectivity index (χ1) is 16.0. The first kappa shape index (κ1) is 20.1. The molecule has 6 rings (SSSR count). The molecule has 0 spiro atoms. The Morgan fingerprint density at radius 3 is 2.15 bits per heavy atom. The monoisotopic (exact) mass is 427 g/mol. The molecule has 0 amide bonds. The van der Waals surface area contributed by atoms with Crippen molar-refractivity contribution >= 4 is 11.8 Å². The summed E-state index contributed by atoms with van der Waals surface area (Å²) < 4.78 is 0. The molecular formula is C32H29N. The van der Waals surface area contributed by atoms with E-state index in [0.29, 0.717) is 0 Å². The molecule has 162 valence electrons. The molecule has 0 unspecified atom stereocenters. The van der Waals surface area contributed by atoms with E-state index in [0.717, 1.165) is 12.8 Å². The molecule has 0 aliphatic heterocycles. The van der Waals surface area contributed by atoms with Gasteiger partial charge in [0, 0.05) is 30.3 Å². The van der Waals surface area contributed by atoms with E-state index in [2.05, 4.69) is 123 Å². The summed E-state index contributed by atoms with van der Waals surface area (Å²) >= 11 is 0. The Hall–Kier alpha value is -3.58. The lowest BCUT2D eigenvalue weighted by atomic mass is 9.69. The van der Waals surface area contributed by atoms with Crippen LogP contribution in [0.15, 0.2) is 96.7 Å². The summed E-state index contributed by atoms with van der Waals surface area (Å²) in [4.78, 5) is 2.38. The standard InChI is InChI=1S/C32H29N/c1-32(2)30-15-9-6-12-24(30)18-25-16-17-26(21-31(25)32)33(3)27-19-22-10-4-7-13-28(22)29-14-8-5-11-23(29)20-27/h4-17,19,21H,18,20H2,1-3H3. The van der Waals surface area contributed by atoms with E-state index in [-0.39, 0.29) is 5.41 Å². The van der Waals surface area contributed by atoms with Crippen LogP contribution in [0.25, 0.3) is 17.2 Å². The lowest BCUT2D eigenvalue weighted by Crippen LogP contribution is -2.28. The van der Waals surface area contributed by atoms with Gasteiger partial charge in [0.05, 0.1) is 0 Å². The van der Waals surface area contributed by atoms with E-state index in [4.69, 9.17) is 0 Å². The summed E-state index contributed by atoms with van der Waals surface area (Å²) in [6, 6.07) is 33.6. The maximum atomic E-state index is 2.43. The number of likely N-dealkylation sites (N-methyl/N-ethyl adjacent to an activating group) is 1. The smallest absolute Gasteiger partial charge is 0.0409 e. The van der Waals surface area contributed by atoms with Gasteiger partial charge in [0.1, 0.15) is 0 Å². The van der Waals surface area contributed by atoms with Crippen LogP contribution in [-0.4, -0.2) is 7.05 Å². The second-order valence-corrected chi connectivity index (χ2v) is 9.92. The van der Waals surface area contributed by atoms with Gasteiger partial charge in [-0.25, -0.2) is 0 Å². The number of anilines is 1. The van der Waals surface area contributed by atoms with Crippen LogP contribution >= 0.6 is 0 Å². The lowest BCUT2D eigenvalue weighted by molar-refractivity contribution is 0.610. The molecule has 4 aromatic carbocycles. The van der Waals surface area contributed by atoms with Crippen molar-refractivity contribution in [2.45, 2.75) is 32.1 Å². The van der Waals surface area contributed by atoms with Gasteiger partial charge in [-0.05, 0) is 69.1 Å². The van der Waals surface area contributed by atoms with Crippen molar-refractivity contribution < 1.29 is 0 Å². The summed E-state index contributed by atoms with van der Waals surface area (Å²) in [6.45, 7) is 4.73. The summed E-state index contributed by atoms with van der Waals surface area (Å²) in [5.41, 5.74) is 13.7. The maximum Gasteiger partial charge on any atom is 0.0409 e. The minimum Gasteiger partial charge on any atom is -0.348 e. The van der Waals surface area contributed by atoms with Crippen molar-refractivity contribution in [2.24, 2.45) is 0 Å². The van der Waals surface area contributed by atoms with Gasteiger partial charge in [0.2, 0.25) is 0 Å². The van der Waals surface area contributed by atoms with Gasteiger partial charge in [-0.3, -0.25) is 0 Å². The van der Waals surface area contributed by atoms with Crippen molar-refractivity contribution in [1.29, 1.82) is 0 Å². The normalized spacial score (nSPS) is 15.3. The number of nitrogens with zero attached hydrogens (tertiary/aromatic N) is 1. The summed E-state index contributed by atoms with van der Waals surface area (Å²) in [5, 5.41) is 0. The van der Waals surface area contributed by atoms with Crippen molar-refractivity contribution in [3.05, 3.63) is 130 Å². The highest BCUT2D eigenvalue weighted by molar-refractivity contribution is 5.82. The highest BCUT2D eigenvalue weighted by atomic mass is 15.1. The van der Waals surface area contributed by atoms with Crippen LogP contribution < -0.4 is 4.90 Å². The summed E-state index contributed by atoms with van der Waals surface area (Å²) in [7, 11) is 2.22. The fraction of sp³-hybridized carbons (Fsp3) is 0.188. The first-order valence-corrected chi connectivity index (χ1v) is 11.9. The van der Waals surface area contributed by atoms with E-state index < -0.39 is 0 Å². The van der Waals surface area contributed by atoms with E-state index in [1.54, 1.807) is 0 Å². The zero-order chi connectivity index (χ0) is 22.6. The molecule has 0 radical (unpaired) electrons. The van der Waals surface area contributed by atoms with Gasteiger partial charge in [-0.1, -0.05) is 92.7 Å². The number of fused-ring (bicyclic) bond motifs is 5. The van der Waals surface area contributed by atoms with Crippen molar-refractivity contribution in [2.75, 3.05) is 11.9 Å². The third-order valence-electron chi connectivity index (χ3n) is 7.62. The predicted octanol–water partition coefficient (Wildman–Crippen LogP) is 7.62. The van der Waals surface area contributed by atoms with Crippen molar-refractivity contribution in [1.82, 2.24) is 0 Å². The third-order valence-corrected chi connectivity index (χ3v) is 7.62. The largest absolute Gasteiger partial charge is 0.348 e. The number of hydrogen-bond acceptors (Lipinski definition) is 1. The molecule has 33 heavy (non-hydrogen) atoms. The van der Waals surface area contributed by atoms with Crippen LogP contribution in [0, 0.1) is 0 Å². The topological polar surface area (TPSA) is 3.24 Å². The molecule has 1 heteroatoms. The lowest BCUT2D eigenvalue weighted by Gasteiger charge is -2.36. The number of rotatable bonds is 2. The molecule has 0 fully saturated rings. The van der Waals surface area contributed by atoms with E-state index >= 15 is 0 Å². The highest BCUT2D eigenvalue weighted by Gasteiger charge is 2.32. The second-order valence-electron chi connectivity index (χ2n) is 9.92. The molecule has 0 heterocycles. The van der Waals surface area contributed by atoms with Crippen LogP contribution in [0.3, 0.4) is 0 Å². The first-order valence-electron chi connectivity index (χ1n) is 11.9. The van der Waals surface area contributed by atoms with Gasteiger partial charge in [-0.2, -0.15) is 0 Å².